The van der Waals surface area contributed by atoms with E-state index >= 15 is 0 Å². The highest BCUT2D eigenvalue weighted by molar-refractivity contribution is 7.17. The molecular formula is C18H21ClN4O2S. The minimum absolute atomic E-state index is 0.0458. The van der Waals surface area contributed by atoms with Crippen LogP contribution >= 0.6 is 22.9 Å². The van der Waals surface area contributed by atoms with Crippen LogP contribution in [0.4, 0.5) is 5.82 Å². The van der Waals surface area contributed by atoms with Crippen molar-refractivity contribution in [2.45, 2.75) is 31.7 Å². The average molecular weight is 393 g/mol. The van der Waals surface area contributed by atoms with Crippen LogP contribution in [0.5, 0.6) is 0 Å². The van der Waals surface area contributed by atoms with Crippen LogP contribution in [0.3, 0.4) is 0 Å². The number of ether oxygens (including phenoxy) is 1. The molecule has 0 spiro atoms. The first-order chi connectivity index (χ1) is 12.6. The number of aromatic nitrogens is 2. The topological polar surface area (TPSA) is 67.3 Å². The number of amides is 1. The highest BCUT2D eigenvalue weighted by Crippen LogP contribution is 2.38. The van der Waals surface area contributed by atoms with Crippen molar-refractivity contribution in [1.29, 1.82) is 0 Å². The molecule has 2 aromatic rings. The van der Waals surface area contributed by atoms with Gasteiger partial charge in [-0.15, -0.1) is 11.3 Å². The number of aryl methyl sites for hydroxylation is 1. The molecule has 6 nitrogen and oxygen atoms in total. The van der Waals surface area contributed by atoms with Gasteiger partial charge in [-0.25, -0.2) is 9.97 Å². The zero-order valence-electron chi connectivity index (χ0n) is 14.6. The Bertz CT molecular complexity index is 808. The van der Waals surface area contributed by atoms with Gasteiger partial charge in [-0.3, -0.25) is 4.79 Å². The fourth-order valence-electron chi connectivity index (χ4n) is 3.11. The maximum atomic E-state index is 12.3. The first kappa shape index (κ1) is 17.7. The summed E-state index contributed by atoms with van der Waals surface area (Å²) in [4.78, 5) is 24.5. The molecule has 2 fully saturated rings. The minimum Gasteiger partial charge on any atom is -0.377 e. The quantitative estimate of drug-likeness (QED) is 0.847. The van der Waals surface area contributed by atoms with Gasteiger partial charge >= 0.3 is 0 Å². The summed E-state index contributed by atoms with van der Waals surface area (Å²) in [7, 11) is 0. The Kier molecular flexibility index (Phi) is 5.11. The zero-order valence-corrected chi connectivity index (χ0v) is 16.1. The van der Waals surface area contributed by atoms with Gasteiger partial charge in [0.05, 0.1) is 28.5 Å². The Morgan fingerprint density at radius 1 is 1.42 bits per heavy atom. The molecule has 1 unspecified atom stereocenters. The highest BCUT2D eigenvalue weighted by Gasteiger charge is 2.30. The lowest BCUT2D eigenvalue weighted by Gasteiger charge is -2.36. The third kappa shape index (κ3) is 4.00. The molecule has 1 amide bonds. The average Bonchev–Trinajstić information content (AvgIpc) is 3.40. The molecule has 8 heteroatoms. The second-order valence-electron chi connectivity index (χ2n) is 6.74. The SMILES string of the molecule is Cc1cc(N2CCOCC2CNC(=O)c2ccc(Cl)s2)nc(C2CC2)n1. The van der Waals surface area contributed by atoms with Gasteiger partial charge in [-0.05, 0) is 31.9 Å². The van der Waals surface area contributed by atoms with E-state index in [1.165, 1.54) is 24.2 Å². The first-order valence-electron chi connectivity index (χ1n) is 8.83. The molecule has 1 atom stereocenters. The van der Waals surface area contributed by atoms with E-state index in [0.29, 0.717) is 34.9 Å². The molecule has 2 aliphatic rings. The van der Waals surface area contributed by atoms with Crippen molar-refractivity contribution in [3.63, 3.8) is 0 Å². The lowest BCUT2D eigenvalue weighted by molar-refractivity contribution is 0.0856. The van der Waals surface area contributed by atoms with Crippen molar-refractivity contribution < 1.29 is 9.53 Å². The molecule has 3 heterocycles. The van der Waals surface area contributed by atoms with Crippen LogP contribution < -0.4 is 10.2 Å². The fourth-order valence-corrected chi connectivity index (χ4v) is 4.06. The summed E-state index contributed by atoms with van der Waals surface area (Å²) >= 11 is 7.19. The largest absolute Gasteiger partial charge is 0.377 e. The van der Waals surface area contributed by atoms with Gasteiger partial charge in [0.15, 0.2) is 0 Å². The first-order valence-corrected chi connectivity index (χ1v) is 10.0. The van der Waals surface area contributed by atoms with Gasteiger partial charge in [-0.2, -0.15) is 0 Å². The maximum absolute atomic E-state index is 12.3. The number of thiophene rings is 1. The predicted molar refractivity (Wildman–Crippen MR) is 102 cm³/mol. The maximum Gasteiger partial charge on any atom is 0.261 e. The van der Waals surface area contributed by atoms with Gasteiger partial charge in [0.1, 0.15) is 11.6 Å². The van der Waals surface area contributed by atoms with E-state index in [0.717, 1.165) is 23.9 Å². The zero-order chi connectivity index (χ0) is 18.1. The van der Waals surface area contributed by atoms with Crippen molar-refractivity contribution in [3.8, 4) is 0 Å². The normalized spacial score (nSPS) is 20.2. The van der Waals surface area contributed by atoms with Crippen LogP contribution in [0, 0.1) is 6.92 Å². The number of halogens is 1. The summed E-state index contributed by atoms with van der Waals surface area (Å²) in [5, 5.41) is 2.99. The van der Waals surface area contributed by atoms with Gasteiger partial charge in [0, 0.05) is 30.8 Å². The van der Waals surface area contributed by atoms with Crippen LogP contribution in [-0.4, -0.2) is 48.2 Å². The van der Waals surface area contributed by atoms with Crippen LogP contribution in [0.25, 0.3) is 0 Å². The van der Waals surface area contributed by atoms with Crippen molar-refractivity contribution in [2.75, 3.05) is 31.2 Å². The van der Waals surface area contributed by atoms with E-state index < -0.39 is 0 Å². The third-order valence-electron chi connectivity index (χ3n) is 4.62. The number of nitrogens with one attached hydrogen (secondary N) is 1. The summed E-state index contributed by atoms with van der Waals surface area (Å²) in [6.45, 7) is 4.48. The van der Waals surface area contributed by atoms with Crippen LogP contribution in [0.2, 0.25) is 4.34 Å². The van der Waals surface area contributed by atoms with Crippen LogP contribution in [0.15, 0.2) is 18.2 Å². The molecule has 26 heavy (non-hydrogen) atoms. The van der Waals surface area contributed by atoms with Crippen LogP contribution in [-0.2, 0) is 4.74 Å². The number of carbonyl (C=O) groups excluding carboxylic acids is 1. The molecule has 1 N–H and O–H groups in total. The van der Waals surface area contributed by atoms with Crippen molar-refractivity contribution in [2.24, 2.45) is 0 Å². The Labute approximate surface area is 161 Å². The van der Waals surface area contributed by atoms with Crippen molar-refractivity contribution >= 4 is 34.7 Å². The monoisotopic (exact) mass is 392 g/mol. The lowest BCUT2D eigenvalue weighted by atomic mass is 10.2. The van der Waals surface area contributed by atoms with E-state index in [1.54, 1.807) is 12.1 Å². The van der Waals surface area contributed by atoms with E-state index in [4.69, 9.17) is 21.3 Å². The smallest absolute Gasteiger partial charge is 0.261 e. The van der Waals surface area contributed by atoms with Gasteiger partial charge in [-0.1, -0.05) is 11.6 Å². The molecule has 1 aliphatic heterocycles. The van der Waals surface area contributed by atoms with Gasteiger partial charge in [0.2, 0.25) is 0 Å². The predicted octanol–water partition coefficient (Wildman–Crippen LogP) is 3.01. The number of hydrogen-bond donors (Lipinski definition) is 1. The fraction of sp³-hybridized carbons (Fsp3) is 0.500. The van der Waals surface area contributed by atoms with E-state index in [1.807, 2.05) is 13.0 Å². The molecule has 1 aliphatic carbocycles. The summed E-state index contributed by atoms with van der Waals surface area (Å²) in [6, 6.07) is 5.54. The summed E-state index contributed by atoms with van der Waals surface area (Å²) in [6.07, 6.45) is 2.35. The molecule has 0 radical (unpaired) electrons. The minimum atomic E-state index is -0.107. The summed E-state index contributed by atoms with van der Waals surface area (Å²) in [5.41, 5.74) is 0.986. The Morgan fingerprint density at radius 3 is 3.00 bits per heavy atom. The standard InChI is InChI=1S/C18H21ClN4O2S/c1-11-8-16(22-17(21-11)12-2-3-12)23-6-7-25-10-13(23)9-20-18(24)14-4-5-15(19)26-14/h4-5,8,12-13H,2-3,6-7,9-10H2,1H3,(H,20,24). The number of nitrogens with zero attached hydrogens (tertiary/aromatic N) is 3. The van der Waals surface area contributed by atoms with Gasteiger partial charge in [0.25, 0.3) is 5.91 Å². The molecule has 0 aromatic carbocycles. The molecular weight excluding hydrogens is 372 g/mol. The van der Waals surface area contributed by atoms with Crippen molar-refractivity contribution in [1.82, 2.24) is 15.3 Å². The molecule has 1 saturated heterocycles. The second-order valence-corrected chi connectivity index (χ2v) is 8.45. The third-order valence-corrected chi connectivity index (χ3v) is 5.85. The van der Waals surface area contributed by atoms with Crippen molar-refractivity contribution in [3.05, 3.63) is 38.9 Å². The molecule has 0 bridgehead atoms. The number of morpholine rings is 1. The van der Waals surface area contributed by atoms with Gasteiger partial charge < -0.3 is 15.0 Å². The molecule has 138 valence electrons. The van der Waals surface area contributed by atoms with E-state index in [9.17, 15) is 4.79 Å². The Morgan fingerprint density at radius 2 is 2.27 bits per heavy atom. The summed E-state index contributed by atoms with van der Waals surface area (Å²) in [5.74, 6) is 2.28. The van der Waals surface area contributed by atoms with E-state index in [-0.39, 0.29) is 11.9 Å². The highest BCUT2D eigenvalue weighted by atomic mass is 35.5. The summed E-state index contributed by atoms with van der Waals surface area (Å²) < 4.78 is 6.25. The number of hydrogen-bond acceptors (Lipinski definition) is 6. The van der Waals surface area contributed by atoms with Crippen LogP contribution in [0.1, 0.15) is 39.9 Å². The molecule has 4 rings (SSSR count). The molecule has 2 aromatic heterocycles. The Hall–Kier alpha value is -1.70. The lowest BCUT2D eigenvalue weighted by Crippen LogP contribution is -2.51. The number of carbonyl (C=O) groups is 1. The molecule has 1 saturated carbocycles. The Balaban J connectivity index is 1.47. The van der Waals surface area contributed by atoms with E-state index in [2.05, 4.69) is 15.2 Å². The number of rotatable bonds is 5. The second kappa shape index (κ2) is 7.50. The number of anilines is 1.